The molecule has 3 aromatic carbocycles. The molecule has 0 aromatic heterocycles. The van der Waals surface area contributed by atoms with Crippen molar-refractivity contribution in [2.24, 2.45) is 5.92 Å². The number of piperidine rings is 1. The lowest BCUT2D eigenvalue weighted by molar-refractivity contribution is -0.151. The molecule has 1 aliphatic heterocycles. The van der Waals surface area contributed by atoms with Gasteiger partial charge in [-0.05, 0) is 81.7 Å². The van der Waals surface area contributed by atoms with Crippen LogP contribution in [0.5, 0.6) is 11.5 Å². The van der Waals surface area contributed by atoms with Crippen LogP contribution in [0.1, 0.15) is 53.0 Å². The third-order valence-electron chi connectivity index (χ3n) is 6.54. The van der Waals surface area contributed by atoms with E-state index in [2.05, 4.69) is 10.6 Å². The van der Waals surface area contributed by atoms with Gasteiger partial charge in [0.2, 0.25) is 5.91 Å². The molecule has 41 heavy (non-hydrogen) atoms. The Bertz CT molecular complexity index is 1350. The molecular weight excluding hydrogens is 524 g/mol. The third-order valence-corrected chi connectivity index (χ3v) is 6.54. The van der Waals surface area contributed by atoms with Crippen LogP contribution in [0.15, 0.2) is 78.9 Å². The van der Waals surface area contributed by atoms with Crippen molar-refractivity contribution in [1.29, 1.82) is 0 Å². The largest absolute Gasteiger partial charge is 0.461 e. The van der Waals surface area contributed by atoms with Gasteiger partial charge in [0.25, 0.3) is 0 Å². The molecule has 214 valence electrons. The van der Waals surface area contributed by atoms with Crippen molar-refractivity contribution in [2.75, 3.05) is 13.1 Å². The molecule has 1 saturated heterocycles. The van der Waals surface area contributed by atoms with Crippen LogP contribution in [0, 0.1) is 5.92 Å². The summed E-state index contributed by atoms with van der Waals surface area (Å²) in [5.41, 5.74) is 1.21. The molecule has 9 heteroatoms. The minimum Gasteiger partial charge on any atom is -0.461 e. The van der Waals surface area contributed by atoms with E-state index < -0.39 is 23.9 Å². The van der Waals surface area contributed by atoms with E-state index in [1.165, 1.54) is 12.1 Å². The fraction of sp³-hybridized carbons (Fsp3) is 0.312. The molecule has 0 bridgehead atoms. The molecule has 1 atom stereocenters. The van der Waals surface area contributed by atoms with E-state index in [9.17, 15) is 19.2 Å². The van der Waals surface area contributed by atoms with Gasteiger partial charge in [0.1, 0.15) is 6.04 Å². The summed E-state index contributed by atoms with van der Waals surface area (Å²) in [6, 6.07) is 20.6. The fourth-order valence-corrected chi connectivity index (χ4v) is 4.43. The predicted molar refractivity (Wildman–Crippen MR) is 152 cm³/mol. The minimum absolute atomic E-state index is 0.00120. The average molecular weight is 559 g/mol. The van der Waals surface area contributed by atoms with Gasteiger partial charge < -0.3 is 24.8 Å². The maximum Gasteiger partial charge on any atom is 0.343 e. The number of nitrogens with one attached hydrogen (secondary N) is 2. The second-order valence-corrected chi connectivity index (χ2v) is 10.1. The van der Waals surface area contributed by atoms with Crippen LogP contribution in [0.2, 0.25) is 0 Å². The Kier molecular flexibility index (Phi) is 10.2. The normalized spacial score (nSPS) is 14.1. The molecule has 2 N–H and O–H groups in total. The number of hydrogen-bond donors (Lipinski definition) is 2. The van der Waals surface area contributed by atoms with Gasteiger partial charge in [0.05, 0.1) is 17.2 Å². The van der Waals surface area contributed by atoms with Crippen molar-refractivity contribution in [1.82, 2.24) is 10.6 Å². The summed E-state index contributed by atoms with van der Waals surface area (Å²) in [5.74, 6) is -2.20. The van der Waals surface area contributed by atoms with Crippen LogP contribution in [0.3, 0.4) is 0 Å². The first-order valence-corrected chi connectivity index (χ1v) is 13.7. The Hall–Kier alpha value is -4.50. The Morgan fingerprint density at radius 2 is 1.37 bits per heavy atom. The average Bonchev–Trinajstić information content (AvgIpc) is 2.99. The smallest absolute Gasteiger partial charge is 0.343 e. The third kappa shape index (κ3) is 8.49. The first kappa shape index (κ1) is 29.5. The van der Waals surface area contributed by atoms with Crippen molar-refractivity contribution in [3.63, 3.8) is 0 Å². The monoisotopic (exact) mass is 558 g/mol. The number of carbonyl (C=O) groups excluding carboxylic acids is 4. The van der Waals surface area contributed by atoms with Gasteiger partial charge in [0, 0.05) is 12.3 Å². The van der Waals surface area contributed by atoms with E-state index >= 15 is 0 Å². The highest BCUT2D eigenvalue weighted by Gasteiger charge is 2.29. The Labute approximate surface area is 239 Å². The van der Waals surface area contributed by atoms with Crippen molar-refractivity contribution >= 4 is 23.8 Å². The number of rotatable bonds is 10. The van der Waals surface area contributed by atoms with Gasteiger partial charge >= 0.3 is 17.9 Å². The molecule has 9 nitrogen and oxygen atoms in total. The van der Waals surface area contributed by atoms with Crippen LogP contribution in [0.25, 0.3) is 0 Å². The summed E-state index contributed by atoms with van der Waals surface area (Å²) in [6.45, 7) is 4.94. The van der Waals surface area contributed by atoms with Crippen molar-refractivity contribution in [3.05, 3.63) is 95.6 Å². The summed E-state index contributed by atoms with van der Waals surface area (Å²) < 4.78 is 16.7. The Morgan fingerprint density at radius 1 is 0.805 bits per heavy atom. The molecular formula is C32H34N2O7. The molecule has 0 aliphatic carbocycles. The predicted octanol–water partition coefficient (Wildman–Crippen LogP) is 4.10. The van der Waals surface area contributed by atoms with Crippen molar-refractivity contribution < 1.29 is 33.4 Å². The van der Waals surface area contributed by atoms with Crippen LogP contribution >= 0.6 is 0 Å². The first-order chi connectivity index (χ1) is 19.8. The zero-order valence-electron chi connectivity index (χ0n) is 23.1. The maximum absolute atomic E-state index is 13.0. The molecule has 1 heterocycles. The number of benzene rings is 3. The molecule has 0 saturated carbocycles. The van der Waals surface area contributed by atoms with E-state index in [0.29, 0.717) is 29.5 Å². The topological polar surface area (TPSA) is 120 Å². The molecule has 1 fully saturated rings. The zero-order valence-corrected chi connectivity index (χ0v) is 23.1. The number of hydrogen-bond acceptors (Lipinski definition) is 8. The van der Waals surface area contributed by atoms with Gasteiger partial charge in [-0.1, -0.05) is 42.5 Å². The molecule has 1 unspecified atom stereocenters. The Balaban J connectivity index is 1.60. The van der Waals surface area contributed by atoms with Crippen LogP contribution in [-0.2, 0) is 20.7 Å². The molecule has 4 rings (SSSR count). The molecule has 1 amide bonds. The highest BCUT2D eigenvalue weighted by molar-refractivity contribution is 5.93. The highest BCUT2D eigenvalue weighted by atomic mass is 16.6. The molecule has 1 aliphatic rings. The number of amides is 1. The van der Waals surface area contributed by atoms with E-state index in [4.69, 9.17) is 14.2 Å². The lowest BCUT2D eigenvalue weighted by Gasteiger charge is -2.25. The van der Waals surface area contributed by atoms with Crippen LogP contribution < -0.4 is 20.1 Å². The van der Waals surface area contributed by atoms with E-state index in [0.717, 1.165) is 13.1 Å². The second-order valence-electron chi connectivity index (χ2n) is 10.1. The SMILES string of the molecule is CC(C)OC(=O)C(Cc1ccc(OC(=O)c2ccccc2)c(OC(=O)c2ccccc2)c1)NC(=O)C1CCNCC1. The highest BCUT2D eigenvalue weighted by Crippen LogP contribution is 2.31. The van der Waals surface area contributed by atoms with Crippen molar-refractivity contribution in [3.8, 4) is 11.5 Å². The fourth-order valence-electron chi connectivity index (χ4n) is 4.43. The maximum atomic E-state index is 13.0. The summed E-state index contributed by atoms with van der Waals surface area (Å²) in [6.07, 6.45) is 1.06. The van der Waals surface area contributed by atoms with Gasteiger partial charge in [0.15, 0.2) is 11.5 Å². The minimum atomic E-state index is -0.963. The quantitative estimate of drug-likeness (QED) is 0.282. The van der Waals surface area contributed by atoms with E-state index in [1.54, 1.807) is 80.6 Å². The van der Waals surface area contributed by atoms with E-state index in [-0.39, 0.29) is 35.8 Å². The molecule has 3 aromatic rings. The van der Waals surface area contributed by atoms with Crippen LogP contribution in [-0.4, -0.2) is 49.1 Å². The van der Waals surface area contributed by atoms with Gasteiger partial charge in [-0.3, -0.25) is 4.79 Å². The summed E-state index contributed by atoms with van der Waals surface area (Å²) in [4.78, 5) is 51.7. The standard InChI is InChI=1S/C32H34N2O7/c1-21(2)39-32(38)26(34-29(35)23-15-17-33-18-16-23)19-22-13-14-27(40-30(36)24-9-5-3-6-10-24)28(20-22)41-31(37)25-11-7-4-8-12-25/h3-14,20-21,23,26,33H,15-19H2,1-2H3,(H,34,35). The summed E-state index contributed by atoms with van der Waals surface area (Å²) in [5, 5.41) is 6.09. The lowest BCUT2D eigenvalue weighted by Crippen LogP contribution is -2.48. The van der Waals surface area contributed by atoms with Crippen LogP contribution in [0.4, 0.5) is 0 Å². The zero-order chi connectivity index (χ0) is 29.2. The van der Waals surface area contributed by atoms with Gasteiger partial charge in [-0.2, -0.15) is 0 Å². The Morgan fingerprint density at radius 3 is 1.93 bits per heavy atom. The van der Waals surface area contributed by atoms with E-state index in [1.807, 2.05) is 0 Å². The molecule has 0 radical (unpaired) electrons. The lowest BCUT2D eigenvalue weighted by atomic mass is 9.96. The second kappa shape index (κ2) is 14.2. The summed E-state index contributed by atoms with van der Waals surface area (Å²) in [7, 11) is 0. The van der Waals surface area contributed by atoms with Crippen molar-refractivity contribution in [2.45, 2.75) is 45.3 Å². The van der Waals surface area contributed by atoms with Gasteiger partial charge in [-0.15, -0.1) is 0 Å². The number of carbonyl (C=O) groups is 4. The number of ether oxygens (including phenoxy) is 3. The summed E-state index contributed by atoms with van der Waals surface area (Å²) >= 11 is 0. The van der Waals surface area contributed by atoms with Gasteiger partial charge in [-0.25, -0.2) is 14.4 Å². The number of esters is 3. The first-order valence-electron chi connectivity index (χ1n) is 13.7. The molecule has 0 spiro atoms.